The minimum atomic E-state index is -1.09. The molecule has 0 saturated carbocycles. The molecular formula is C20H11ClO4S. The van der Waals surface area contributed by atoms with Crippen LogP contribution in [0.2, 0.25) is 5.02 Å². The third-order valence-corrected chi connectivity index (χ3v) is 5.29. The van der Waals surface area contributed by atoms with Gasteiger partial charge in [0, 0.05) is 21.0 Å². The van der Waals surface area contributed by atoms with Crippen LogP contribution in [0.3, 0.4) is 0 Å². The van der Waals surface area contributed by atoms with Gasteiger partial charge in [-0.1, -0.05) is 35.5 Å². The SMILES string of the molecule is O=C1/C(=C/c2ccc(-c3ccc(Cl)cc3C(=O)O)o2)Sc2ccccc21. The van der Waals surface area contributed by atoms with Crippen LogP contribution >= 0.6 is 23.4 Å². The third-order valence-electron chi connectivity index (χ3n) is 3.95. The molecule has 26 heavy (non-hydrogen) atoms. The Morgan fingerprint density at radius 3 is 2.65 bits per heavy atom. The quantitative estimate of drug-likeness (QED) is 0.595. The van der Waals surface area contributed by atoms with E-state index in [0.717, 1.165) is 4.90 Å². The molecule has 1 N–H and O–H groups in total. The molecule has 2 aromatic carbocycles. The molecule has 1 aromatic heterocycles. The number of furan rings is 1. The Hall–Kier alpha value is -2.76. The molecule has 2 heterocycles. The van der Waals surface area contributed by atoms with Crippen LogP contribution < -0.4 is 0 Å². The van der Waals surface area contributed by atoms with E-state index in [0.29, 0.717) is 32.6 Å². The molecule has 4 nitrogen and oxygen atoms in total. The second-order valence-electron chi connectivity index (χ2n) is 5.63. The normalized spacial score (nSPS) is 14.7. The van der Waals surface area contributed by atoms with Gasteiger partial charge >= 0.3 is 5.97 Å². The molecule has 0 amide bonds. The Balaban J connectivity index is 1.69. The summed E-state index contributed by atoms with van der Waals surface area (Å²) >= 11 is 7.28. The van der Waals surface area contributed by atoms with Crippen LogP contribution in [-0.4, -0.2) is 16.9 Å². The van der Waals surface area contributed by atoms with Gasteiger partial charge in [0.15, 0.2) is 0 Å². The van der Waals surface area contributed by atoms with E-state index in [-0.39, 0.29) is 11.3 Å². The summed E-state index contributed by atoms with van der Waals surface area (Å²) in [7, 11) is 0. The molecule has 128 valence electrons. The van der Waals surface area contributed by atoms with Gasteiger partial charge in [0.05, 0.1) is 10.5 Å². The van der Waals surface area contributed by atoms with Crippen LogP contribution in [-0.2, 0) is 0 Å². The van der Waals surface area contributed by atoms with Gasteiger partial charge in [0.2, 0.25) is 5.78 Å². The number of benzene rings is 2. The predicted molar refractivity (Wildman–Crippen MR) is 101 cm³/mol. The van der Waals surface area contributed by atoms with E-state index in [1.165, 1.54) is 17.8 Å². The van der Waals surface area contributed by atoms with Crippen LogP contribution in [0.4, 0.5) is 0 Å². The second-order valence-corrected chi connectivity index (χ2v) is 7.15. The van der Waals surface area contributed by atoms with Crippen molar-refractivity contribution in [2.24, 2.45) is 0 Å². The molecule has 0 radical (unpaired) electrons. The Bertz CT molecular complexity index is 1080. The third kappa shape index (κ3) is 2.96. The number of Topliss-reactive ketones (excluding diaryl/α,β-unsaturated/α-hetero) is 1. The predicted octanol–water partition coefficient (Wildman–Crippen LogP) is 5.63. The van der Waals surface area contributed by atoms with E-state index < -0.39 is 5.97 Å². The van der Waals surface area contributed by atoms with Crippen molar-refractivity contribution in [2.75, 3.05) is 0 Å². The second kappa shape index (κ2) is 6.52. The summed E-state index contributed by atoms with van der Waals surface area (Å²) in [5.74, 6) is -0.245. The van der Waals surface area contributed by atoms with E-state index >= 15 is 0 Å². The highest BCUT2D eigenvalue weighted by atomic mass is 35.5. The first-order valence-corrected chi connectivity index (χ1v) is 8.89. The van der Waals surface area contributed by atoms with Crippen molar-refractivity contribution in [1.82, 2.24) is 0 Å². The van der Waals surface area contributed by atoms with Crippen LogP contribution in [0.1, 0.15) is 26.5 Å². The van der Waals surface area contributed by atoms with Gasteiger partial charge in [-0.15, -0.1) is 0 Å². The molecule has 0 spiro atoms. The van der Waals surface area contributed by atoms with Gasteiger partial charge in [-0.2, -0.15) is 0 Å². The van der Waals surface area contributed by atoms with Crippen LogP contribution in [0.25, 0.3) is 17.4 Å². The van der Waals surface area contributed by atoms with Gasteiger partial charge in [-0.05, 0) is 48.5 Å². The first kappa shape index (κ1) is 16.7. The molecular weight excluding hydrogens is 372 g/mol. The molecule has 0 fully saturated rings. The van der Waals surface area contributed by atoms with Gasteiger partial charge in [-0.3, -0.25) is 4.79 Å². The number of carbonyl (C=O) groups is 2. The van der Waals surface area contributed by atoms with Crippen LogP contribution in [0.15, 0.2) is 68.8 Å². The lowest BCUT2D eigenvalue weighted by molar-refractivity contribution is 0.0697. The lowest BCUT2D eigenvalue weighted by atomic mass is 10.1. The van der Waals surface area contributed by atoms with Crippen molar-refractivity contribution in [1.29, 1.82) is 0 Å². The number of hydrogen-bond donors (Lipinski definition) is 1. The standard InChI is InChI=1S/C20H11ClO4S/c21-11-5-7-13(15(9-11)20(23)24)16-8-6-12(25-16)10-18-19(22)14-3-1-2-4-17(14)26-18/h1-10H,(H,23,24)/b18-10-. The number of aromatic carboxylic acids is 1. The fourth-order valence-electron chi connectivity index (χ4n) is 2.75. The highest BCUT2D eigenvalue weighted by Crippen LogP contribution is 2.41. The maximum atomic E-state index is 12.4. The number of halogens is 1. The largest absolute Gasteiger partial charge is 0.478 e. The molecule has 0 unspecified atom stereocenters. The summed E-state index contributed by atoms with van der Waals surface area (Å²) in [4.78, 5) is 25.4. The summed E-state index contributed by atoms with van der Waals surface area (Å²) in [5.41, 5.74) is 1.17. The van der Waals surface area contributed by atoms with E-state index in [9.17, 15) is 14.7 Å². The monoisotopic (exact) mass is 382 g/mol. The van der Waals surface area contributed by atoms with Gasteiger partial charge in [-0.25, -0.2) is 4.79 Å². The first-order chi connectivity index (χ1) is 12.5. The highest BCUT2D eigenvalue weighted by molar-refractivity contribution is 8.04. The van der Waals surface area contributed by atoms with Gasteiger partial charge in [0.1, 0.15) is 11.5 Å². The Morgan fingerprint density at radius 2 is 1.88 bits per heavy atom. The van der Waals surface area contributed by atoms with E-state index in [1.807, 2.05) is 18.2 Å². The highest BCUT2D eigenvalue weighted by Gasteiger charge is 2.25. The van der Waals surface area contributed by atoms with Crippen molar-refractivity contribution < 1.29 is 19.1 Å². The number of rotatable bonds is 3. The molecule has 1 aliphatic heterocycles. The maximum absolute atomic E-state index is 12.4. The number of fused-ring (bicyclic) bond motifs is 1. The molecule has 3 aromatic rings. The van der Waals surface area contributed by atoms with Gasteiger partial charge < -0.3 is 9.52 Å². The fraction of sp³-hybridized carbons (Fsp3) is 0. The zero-order chi connectivity index (χ0) is 18.3. The summed E-state index contributed by atoms with van der Waals surface area (Å²) in [6, 6.07) is 15.4. The van der Waals surface area contributed by atoms with Crippen molar-refractivity contribution >= 4 is 41.2 Å². The average Bonchev–Trinajstić information content (AvgIpc) is 3.21. The number of ketones is 1. The summed E-state index contributed by atoms with van der Waals surface area (Å²) in [5, 5.41) is 9.70. The Kier molecular flexibility index (Phi) is 4.18. The number of allylic oxidation sites excluding steroid dienone is 1. The molecule has 6 heteroatoms. The smallest absolute Gasteiger partial charge is 0.336 e. The zero-order valence-corrected chi connectivity index (χ0v) is 14.8. The van der Waals surface area contributed by atoms with Gasteiger partial charge in [0.25, 0.3) is 0 Å². The van der Waals surface area contributed by atoms with E-state index in [4.69, 9.17) is 16.0 Å². The Morgan fingerprint density at radius 1 is 1.08 bits per heavy atom. The number of hydrogen-bond acceptors (Lipinski definition) is 4. The zero-order valence-electron chi connectivity index (χ0n) is 13.2. The maximum Gasteiger partial charge on any atom is 0.336 e. The van der Waals surface area contributed by atoms with Crippen LogP contribution in [0, 0.1) is 0 Å². The molecule has 0 saturated heterocycles. The average molecular weight is 383 g/mol. The molecule has 0 bridgehead atoms. The van der Waals surface area contributed by atoms with Crippen molar-refractivity contribution in [3.63, 3.8) is 0 Å². The molecule has 0 aliphatic carbocycles. The fourth-order valence-corrected chi connectivity index (χ4v) is 3.95. The molecule has 1 aliphatic rings. The van der Waals surface area contributed by atoms with Crippen molar-refractivity contribution in [2.45, 2.75) is 4.90 Å². The summed E-state index contributed by atoms with van der Waals surface area (Å²) < 4.78 is 5.76. The van der Waals surface area contributed by atoms with Crippen molar-refractivity contribution in [3.8, 4) is 11.3 Å². The lowest BCUT2D eigenvalue weighted by Crippen LogP contribution is -1.98. The lowest BCUT2D eigenvalue weighted by Gasteiger charge is -2.03. The first-order valence-electron chi connectivity index (χ1n) is 7.69. The number of carboxylic acid groups (broad SMARTS) is 1. The number of thioether (sulfide) groups is 1. The van der Waals surface area contributed by atoms with Crippen LogP contribution in [0.5, 0.6) is 0 Å². The van der Waals surface area contributed by atoms with E-state index in [1.54, 1.807) is 36.4 Å². The summed E-state index contributed by atoms with van der Waals surface area (Å²) in [6.07, 6.45) is 1.67. The Labute approximate surface area is 158 Å². The summed E-state index contributed by atoms with van der Waals surface area (Å²) in [6.45, 7) is 0. The minimum Gasteiger partial charge on any atom is -0.478 e. The minimum absolute atomic E-state index is 0.0405. The topological polar surface area (TPSA) is 67.5 Å². The molecule has 4 rings (SSSR count). The number of carbonyl (C=O) groups excluding carboxylic acids is 1. The molecule has 0 atom stereocenters. The van der Waals surface area contributed by atoms with Crippen molar-refractivity contribution in [3.05, 3.63) is 81.4 Å². The van der Waals surface area contributed by atoms with E-state index in [2.05, 4.69) is 0 Å². The number of carboxylic acids is 1.